The lowest BCUT2D eigenvalue weighted by molar-refractivity contribution is 0.102. The fourth-order valence-electron chi connectivity index (χ4n) is 3.37. The van der Waals surface area contributed by atoms with E-state index in [1.54, 1.807) is 73.7 Å². The zero-order chi connectivity index (χ0) is 19.9. The molecule has 1 aliphatic rings. The molecule has 0 radical (unpaired) electrons. The quantitative estimate of drug-likeness (QED) is 0.672. The first-order chi connectivity index (χ1) is 13.4. The van der Waals surface area contributed by atoms with Gasteiger partial charge in [-0.2, -0.15) is 0 Å². The number of carbonyl (C=O) groups is 1. The molecule has 0 fully saturated rings. The molecular formula is C21H17ClN2O3S. The lowest BCUT2D eigenvalue weighted by atomic mass is 10.00. The van der Waals surface area contributed by atoms with Crippen molar-refractivity contribution in [2.75, 3.05) is 16.2 Å². The molecule has 0 atom stereocenters. The van der Waals surface area contributed by atoms with E-state index in [2.05, 4.69) is 5.32 Å². The molecule has 1 heterocycles. The Morgan fingerprint density at radius 2 is 1.71 bits per heavy atom. The zero-order valence-corrected chi connectivity index (χ0v) is 16.6. The number of hydrogen-bond acceptors (Lipinski definition) is 3. The van der Waals surface area contributed by atoms with Crippen molar-refractivity contribution >= 4 is 38.9 Å². The SMILES string of the molecule is CCN1c2ccc(C(=O)Nc3ccccc3Cl)cc2-c2ccccc2S1(=O)=O. The predicted molar refractivity (Wildman–Crippen MR) is 111 cm³/mol. The Labute approximate surface area is 168 Å². The molecule has 1 amide bonds. The molecule has 3 aromatic carbocycles. The third-order valence-electron chi connectivity index (χ3n) is 4.68. The molecule has 142 valence electrons. The molecule has 0 saturated carbocycles. The molecule has 0 unspecified atom stereocenters. The fraction of sp³-hybridized carbons (Fsp3) is 0.0952. The minimum atomic E-state index is -3.62. The maximum atomic E-state index is 12.9. The number of rotatable bonds is 3. The average molecular weight is 413 g/mol. The van der Waals surface area contributed by atoms with Crippen molar-refractivity contribution in [3.63, 3.8) is 0 Å². The van der Waals surface area contributed by atoms with E-state index in [0.717, 1.165) is 0 Å². The van der Waals surface area contributed by atoms with Crippen molar-refractivity contribution in [1.29, 1.82) is 0 Å². The molecule has 5 nitrogen and oxygen atoms in total. The normalized spacial score (nSPS) is 14.1. The summed E-state index contributed by atoms with van der Waals surface area (Å²) < 4.78 is 27.2. The molecule has 3 aromatic rings. The van der Waals surface area contributed by atoms with Gasteiger partial charge in [0.15, 0.2) is 0 Å². The zero-order valence-electron chi connectivity index (χ0n) is 15.0. The van der Waals surface area contributed by atoms with Gasteiger partial charge in [0.25, 0.3) is 15.9 Å². The highest BCUT2D eigenvalue weighted by Gasteiger charge is 2.34. The van der Waals surface area contributed by atoms with Gasteiger partial charge >= 0.3 is 0 Å². The third kappa shape index (κ3) is 2.95. The van der Waals surface area contributed by atoms with E-state index in [9.17, 15) is 13.2 Å². The summed E-state index contributed by atoms with van der Waals surface area (Å²) >= 11 is 6.12. The third-order valence-corrected chi connectivity index (χ3v) is 6.96. The molecule has 0 aliphatic carbocycles. The van der Waals surface area contributed by atoms with E-state index in [1.165, 1.54) is 4.31 Å². The summed E-state index contributed by atoms with van der Waals surface area (Å²) in [4.78, 5) is 13.0. The largest absolute Gasteiger partial charge is 0.321 e. The highest BCUT2D eigenvalue weighted by molar-refractivity contribution is 7.93. The van der Waals surface area contributed by atoms with Crippen molar-refractivity contribution in [2.45, 2.75) is 11.8 Å². The number of nitrogens with zero attached hydrogens (tertiary/aromatic N) is 1. The van der Waals surface area contributed by atoms with Gasteiger partial charge in [-0.1, -0.05) is 41.9 Å². The highest BCUT2D eigenvalue weighted by Crippen LogP contribution is 2.43. The van der Waals surface area contributed by atoms with E-state index in [-0.39, 0.29) is 10.8 Å². The Balaban J connectivity index is 1.80. The summed E-state index contributed by atoms with van der Waals surface area (Å²) in [6, 6.07) is 18.8. The maximum Gasteiger partial charge on any atom is 0.264 e. The van der Waals surface area contributed by atoms with Crippen molar-refractivity contribution in [3.8, 4) is 11.1 Å². The lowest BCUT2D eigenvalue weighted by Gasteiger charge is -2.31. The van der Waals surface area contributed by atoms with Gasteiger partial charge in [0, 0.05) is 23.2 Å². The number of fused-ring (bicyclic) bond motifs is 3. The van der Waals surface area contributed by atoms with E-state index in [4.69, 9.17) is 11.6 Å². The lowest BCUT2D eigenvalue weighted by Crippen LogP contribution is -2.34. The second-order valence-electron chi connectivity index (χ2n) is 6.33. The Morgan fingerprint density at radius 1 is 1.00 bits per heavy atom. The molecule has 1 aliphatic heterocycles. The minimum absolute atomic E-state index is 0.244. The summed E-state index contributed by atoms with van der Waals surface area (Å²) in [7, 11) is -3.62. The summed E-state index contributed by atoms with van der Waals surface area (Å²) in [6.07, 6.45) is 0. The van der Waals surface area contributed by atoms with Gasteiger partial charge in [-0.15, -0.1) is 0 Å². The van der Waals surface area contributed by atoms with Crippen molar-refractivity contribution in [1.82, 2.24) is 0 Å². The van der Waals surface area contributed by atoms with Gasteiger partial charge in [-0.3, -0.25) is 9.10 Å². The molecule has 0 saturated heterocycles. The van der Waals surface area contributed by atoms with Gasteiger partial charge < -0.3 is 5.32 Å². The van der Waals surface area contributed by atoms with E-state index < -0.39 is 10.0 Å². The van der Waals surface area contributed by atoms with Crippen LogP contribution < -0.4 is 9.62 Å². The van der Waals surface area contributed by atoms with Crippen molar-refractivity contribution in [3.05, 3.63) is 77.3 Å². The van der Waals surface area contributed by atoms with Crippen LogP contribution in [0.15, 0.2) is 71.6 Å². The van der Waals surface area contributed by atoms with Crippen LogP contribution in [0.4, 0.5) is 11.4 Å². The maximum absolute atomic E-state index is 12.9. The van der Waals surface area contributed by atoms with Gasteiger partial charge in [0.1, 0.15) is 0 Å². The van der Waals surface area contributed by atoms with Crippen LogP contribution in [-0.4, -0.2) is 20.9 Å². The first-order valence-corrected chi connectivity index (χ1v) is 10.6. The van der Waals surface area contributed by atoms with Crippen LogP contribution in [-0.2, 0) is 10.0 Å². The molecule has 4 rings (SSSR count). The Morgan fingerprint density at radius 3 is 2.46 bits per heavy atom. The molecule has 0 spiro atoms. The average Bonchev–Trinajstić information content (AvgIpc) is 2.70. The minimum Gasteiger partial charge on any atom is -0.321 e. The van der Waals surface area contributed by atoms with E-state index in [0.29, 0.717) is 39.6 Å². The molecular weight excluding hydrogens is 396 g/mol. The van der Waals surface area contributed by atoms with E-state index >= 15 is 0 Å². The number of para-hydroxylation sites is 1. The summed E-state index contributed by atoms with van der Waals surface area (Å²) in [6.45, 7) is 2.09. The van der Waals surface area contributed by atoms with Crippen LogP contribution in [0.5, 0.6) is 0 Å². The monoisotopic (exact) mass is 412 g/mol. The number of hydrogen-bond donors (Lipinski definition) is 1. The predicted octanol–water partition coefficient (Wildman–Crippen LogP) is 4.79. The first kappa shape index (κ1) is 18.5. The van der Waals surface area contributed by atoms with Gasteiger partial charge in [-0.25, -0.2) is 8.42 Å². The molecule has 1 N–H and O–H groups in total. The summed E-state index contributed by atoms with van der Waals surface area (Å²) in [5.41, 5.74) is 2.80. The number of carbonyl (C=O) groups excluding carboxylic acids is 1. The first-order valence-electron chi connectivity index (χ1n) is 8.75. The number of anilines is 2. The highest BCUT2D eigenvalue weighted by atomic mass is 35.5. The number of amides is 1. The van der Waals surface area contributed by atoms with Crippen LogP contribution >= 0.6 is 11.6 Å². The van der Waals surface area contributed by atoms with Gasteiger partial charge in [-0.05, 0) is 43.3 Å². The number of benzene rings is 3. The fourth-order valence-corrected chi connectivity index (χ4v) is 5.26. The molecule has 0 bridgehead atoms. The topological polar surface area (TPSA) is 66.5 Å². The number of sulfonamides is 1. The second-order valence-corrected chi connectivity index (χ2v) is 8.57. The van der Waals surface area contributed by atoms with E-state index in [1.807, 2.05) is 0 Å². The number of nitrogens with one attached hydrogen (secondary N) is 1. The Kier molecular flexibility index (Phi) is 4.61. The van der Waals surface area contributed by atoms with Crippen molar-refractivity contribution in [2.24, 2.45) is 0 Å². The van der Waals surface area contributed by atoms with Crippen LogP contribution in [0.1, 0.15) is 17.3 Å². The number of halogens is 1. The molecule has 7 heteroatoms. The van der Waals surface area contributed by atoms with Crippen LogP contribution in [0.3, 0.4) is 0 Å². The second kappa shape index (κ2) is 6.96. The Bertz CT molecular complexity index is 1190. The Hall–Kier alpha value is -2.83. The molecule has 0 aromatic heterocycles. The standard InChI is InChI=1S/C21H17ClN2O3S/c1-2-24-19-12-11-14(21(25)23-18-9-5-4-8-17(18)22)13-16(19)15-7-3-6-10-20(15)28(24,26)27/h3-13H,2H2,1H3,(H,23,25). The van der Waals surface area contributed by atoms with Crippen LogP contribution in [0, 0.1) is 0 Å². The van der Waals surface area contributed by atoms with Crippen LogP contribution in [0.2, 0.25) is 5.02 Å². The van der Waals surface area contributed by atoms with Gasteiger partial charge in [0.2, 0.25) is 0 Å². The van der Waals surface area contributed by atoms with Crippen LogP contribution in [0.25, 0.3) is 11.1 Å². The van der Waals surface area contributed by atoms with Crippen molar-refractivity contribution < 1.29 is 13.2 Å². The molecule has 28 heavy (non-hydrogen) atoms. The summed E-state index contributed by atoms with van der Waals surface area (Å²) in [5, 5.41) is 3.24. The van der Waals surface area contributed by atoms with Gasteiger partial charge in [0.05, 0.1) is 21.3 Å². The smallest absolute Gasteiger partial charge is 0.264 e. The summed E-state index contributed by atoms with van der Waals surface area (Å²) in [5.74, 6) is -0.315.